The highest BCUT2D eigenvalue weighted by molar-refractivity contribution is 7.92. The molecule has 36 heavy (non-hydrogen) atoms. The third-order valence-electron chi connectivity index (χ3n) is 5.40. The third kappa shape index (κ3) is 5.59. The molecule has 4 aromatic rings. The van der Waals surface area contributed by atoms with E-state index >= 15 is 0 Å². The number of nitrogens with one attached hydrogen (secondary N) is 1. The molecule has 4 rings (SSSR count). The summed E-state index contributed by atoms with van der Waals surface area (Å²) in [5.74, 6) is -0.0766. The van der Waals surface area contributed by atoms with Crippen molar-refractivity contribution in [3.05, 3.63) is 120 Å². The number of hydrazone groups is 1. The van der Waals surface area contributed by atoms with Crippen LogP contribution in [0.15, 0.2) is 113 Å². The zero-order valence-electron chi connectivity index (χ0n) is 19.4. The first kappa shape index (κ1) is 24.6. The first-order chi connectivity index (χ1) is 17.4. The van der Waals surface area contributed by atoms with Gasteiger partial charge in [-0.15, -0.1) is 0 Å². The summed E-state index contributed by atoms with van der Waals surface area (Å²) in [6.45, 7) is 1.71. The standard InChI is InChI=1S/C27H24N4O4S/c1-20(24-11-5-6-12-25(24)32)29-30-27(33)22-16-14-21(15-17-22)19-31(26-13-7-8-18-28-26)36(34,35)23-9-3-2-4-10-23/h2-18,32H,19H2,1H3,(H,30,33)/b29-20-. The van der Waals surface area contributed by atoms with Crippen molar-refractivity contribution in [3.8, 4) is 5.75 Å². The Morgan fingerprint density at radius 3 is 2.25 bits per heavy atom. The highest BCUT2D eigenvalue weighted by atomic mass is 32.2. The Morgan fingerprint density at radius 1 is 0.917 bits per heavy atom. The highest BCUT2D eigenvalue weighted by Crippen LogP contribution is 2.24. The molecule has 0 atom stereocenters. The molecule has 0 saturated heterocycles. The molecule has 0 bridgehead atoms. The van der Waals surface area contributed by atoms with Gasteiger partial charge in [-0.3, -0.25) is 4.79 Å². The van der Waals surface area contributed by atoms with Crippen LogP contribution in [-0.2, 0) is 16.6 Å². The van der Waals surface area contributed by atoms with Crippen molar-refractivity contribution in [2.75, 3.05) is 4.31 Å². The molecule has 3 aromatic carbocycles. The summed E-state index contributed by atoms with van der Waals surface area (Å²) in [5.41, 5.74) is 4.47. The fraction of sp³-hybridized carbons (Fsp3) is 0.0741. The van der Waals surface area contributed by atoms with Gasteiger partial charge >= 0.3 is 0 Å². The number of aromatic hydroxyl groups is 1. The van der Waals surface area contributed by atoms with Crippen LogP contribution >= 0.6 is 0 Å². The van der Waals surface area contributed by atoms with Crippen molar-refractivity contribution in [1.29, 1.82) is 0 Å². The molecule has 0 spiro atoms. The van der Waals surface area contributed by atoms with Crippen LogP contribution in [0.1, 0.15) is 28.4 Å². The van der Waals surface area contributed by atoms with Gasteiger partial charge in [0.25, 0.3) is 15.9 Å². The van der Waals surface area contributed by atoms with Crippen LogP contribution in [0.25, 0.3) is 0 Å². The summed E-state index contributed by atoms with van der Waals surface area (Å²) in [4.78, 5) is 17.0. The molecule has 2 N–H and O–H groups in total. The molecule has 0 radical (unpaired) electrons. The molecule has 0 aliphatic carbocycles. The van der Waals surface area contributed by atoms with E-state index in [2.05, 4.69) is 15.5 Å². The van der Waals surface area contributed by atoms with Crippen LogP contribution in [-0.4, -0.2) is 30.1 Å². The minimum atomic E-state index is -3.87. The van der Waals surface area contributed by atoms with Crippen LogP contribution in [0.5, 0.6) is 5.75 Å². The van der Waals surface area contributed by atoms with E-state index in [0.717, 1.165) is 0 Å². The van der Waals surface area contributed by atoms with Crippen molar-refractivity contribution in [2.24, 2.45) is 5.10 Å². The van der Waals surface area contributed by atoms with Crippen molar-refractivity contribution < 1.29 is 18.3 Å². The second kappa shape index (κ2) is 10.8. The number of phenolic OH excluding ortho intramolecular Hbond substituents is 1. The van der Waals surface area contributed by atoms with E-state index in [1.165, 1.54) is 22.6 Å². The molecule has 1 heterocycles. The van der Waals surface area contributed by atoms with Crippen LogP contribution in [0, 0.1) is 0 Å². The van der Waals surface area contributed by atoms with E-state index in [1.54, 1.807) is 91.9 Å². The van der Waals surface area contributed by atoms with Crippen LogP contribution in [0.3, 0.4) is 0 Å². The number of carbonyl (C=O) groups excluding carboxylic acids is 1. The lowest BCUT2D eigenvalue weighted by atomic mass is 10.1. The number of amides is 1. The Morgan fingerprint density at radius 2 is 1.58 bits per heavy atom. The Hall–Kier alpha value is -4.50. The smallest absolute Gasteiger partial charge is 0.271 e. The lowest BCUT2D eigenvalue weighted by molar-refractivity contribution is 0.0954. The van der Waals surface area contributed by atoms with Gasteiger partial charge in [0.15, 0.2) is 0 Å². The number of phenols is 1. The molecule has 1 amide bonds. The van der Waals surface area contributed by atoms with Gasteiger partial charge in [-0.1, -0.05) is 48.5 Å². The molecular weight excluding hydrogens is 476 g/mol. The van der Waals surface area contributed by atoms with Crippen molar-refractivity contribution in [2.45, 2.75) is 18.4 Å². The van der Waals surface area contributed by atoms with E-state index in [9.17, 15) is 18.3 Å². The van der Waals surface area contributed by atoms with Crippen LogP contribution < -0.4 is 9.73 Å². The van der Waals surface area contributed by atoms with Gasteiger partial charge in [-0.2, -0.15) is 5.10 Å². The number of hydrogen-bond donors (Lipinski definition) is 2. The predicted molar refractivity (Wildman–Crippen MR) is 138 cm³/mol. The highest BCUT2D eigenvalue weighted by Gasteiger charge is 2.26. The summed E-state index contributed by atoms with van der Waals surface area (Å²) in [6.07, 6.45) is 1.54. The summed E-state index contributed by atoms with van der Waals surface area (Å²) < 4.78 is 28.0. The monoisotopic (exact) mass is 500 g/mol. The fourth-order valence-electron chi connectivity index (χ4n) is 3.48. The number of hydrogen-bond acceptors (Lipinski definition) is 6. The van der Waals surface area contributed by atoms with Gasteiger partial charge in [-0.25, -0.2) is 23.1 Å². The minimum absolute atomic E-state index is 0.0285. The summed E-state index contributed by atoms with van der Waals surface area (Å²) in [7, 11) is -3.87. The number of pyridine rings is 1. The predicted octanol–water partition coefficient (Wildman–Crippen LogP) is 4.34. The number of aromatic nitrogens is 1. The van der Waals surface area contributed by atoms with Gasteiger partial charge in [-0.05, 0) is 61.0 Å². The summed E-state index contributed by atoms with van der Waals surface area (Å²) in [6, 6.07) is 26.5. The zero-order valence-corrected chi connectivity index (χ0v) is 20.3. The number of rotatable bonds is 8. The first-order valence-electron chi connectivity index (χ1n) is 11.1. The van der Waals surface area contributed by atoms with Crippen LogP contribution in [0.2, 0.25) is 0 Å². The second-order valence-corrected chi connectivity index (χ2v) is 9.73. The van der Waals surface area contributed by atoms with Gasteiger partial charge in [0.05, 0.1) is 17.2 Å². The largest absolute Gasteiger partial charge is 0.507 e. The minimum Gasteiger partial charge on any atom is -0.507 e. The Balaban J connectivity index is 1.53. The number of sulfonamides is 1. The van der Waals surface area contributed by atoms with E-state index in [1.807, 2.05) is 0 Å². The molecule has 0 fully saturated rings. The topological polar surface area (TPSA) is 112 Å². The van der Waals surface area contributed by atoms with Crippen LogP contribution in [0.4, 0.5) is 5.82 Å². The Labute approximate surface area is 209 Å². The van der Waals surface area contributed by atoms with Gasteiger partial charge in [0.2, 0.25) is 0 Å². The van der Waals surface area contributed by atoms with E-state index in [4.69, 9.17) is 0 Å². The number of carbonyl (C=O) groups is 1. The molecule has 0 aliphatic heterocycles. The van der Waals surface area contributed by atoms with Gasteiger partial charge in [0, 0.05) is 17.3 Å². The fourth-order valence-corrected chi connectivity index (χ4v) is 4.91. The van der Waals surface area contributed by atoms with Crippen molar-refractivity contribution in [1.82, 2.24) is 10.4 Å². The number of nitrogens with zero attached hydrogens (tertiary/aromatic N) is 3. The number of para-hydroxylation sites is 1. The summed E-state index contributed by atoms with van der Waals surface area (Å²) >= 11 is 0. The number of benzene rings is 3. The van der Waals surface area contributed by atoms with Crippen molar-refractivity contribution in [3.63, 3.8) is 0 Å². The molecular formula is C27H24N4O4S. The maximum atomic E-state index is 13.4. The lowest BCUT2D eigenvalue weighted by Gasteiger charge is -2.23. The van der Waals surface area contributed by atoms with E-state index in [-0.39, 0.29) is 23.0 Å². The van der Waals surface area contributed by atoms with Crippen molar-refractivity contribution >= 4 is 27.5 Å². The Kier molecular flexibility index (Phi) is 7.41. The zero-order chi connectivity index (χ0) is 25.5. The number of anilines is 1. The molecule has 182 valence electrons. The molecule has 9 heteroatoms. The first-order valence-corrected chi connectivity index (χ1v) is 12.5. The Bertz CT molecular complexity index is 1470. The molecule has 0 saturated carbocycles. The lowest BCUT2D eigenvalue weighted by Crippen LogP contribution is -2.31. The van der Waals surface area contributed by atoms with Gasteiger partial charge < -0.3 is 5.11 Å². The summed E-state index contributed by atoms with van der Waals surface area (Å²) in [5, 5.41) is 14.0. The second-order valence-electron chi connectivity index (χ2n) is 7.86. The average molecular weight is 501 g/mol. The average Bonchev–Trinajstić information content (AvgIpc) is 2.91. The van der Waals surface area contributed by atoms with Gasteiger partial charge in [0.1, 0.15) is 11.6 Å². The molecule has 0 aliphatic rings. The maximum Gasteiger partial charge on any atom is 0.271 e. The quantitative estimate of drug-likeness (QED) is 0.276. The molecule has 1 aromatic heterocycles. The normalized spacial score (nSPS) is 11.6. The maximum absolute atomic E-state index is 13.4. The SMILES string of the molecule is C/C(=N/NC(=O)c1ccc(CN(c2ccccn2)S(=O)(=O)c2ccccc2)cc1)c1ccccc1O. The van der Waals surface area contributed by atoms with E-state index < -0.39 is 15.9 Å². The third-order valence-corrected chi connectivity index (χ3v) is 7.16. The van der Waals surface area contributed by atoms with E-state index in [0.29, 0.717) is 22.4 Å². The molecule has 8 nitrogen and oxygen atoms in total. The molecule has 0 unspecified atom stereocenters.